The van der Waals surface area contributed by atoms with E-state index in [2.05, 4.69) is 19.2 Å². The molecule has 1 atom stereocenters. The first kappa shape index (κ1) is 26.4. The first-order valence-corrected chi connectivity index (χ1v) is 7.12. The summed E-state index contributed by atoms with van der Waals surface area (Å²) in [4.78, 5) is 17.8. The van der Waals surface area contributed by atoms with Crippen molar-refractivity contribution in [3.63, 3.8) is 0 Å². The molecule has 0 bridgehead atoms. The average Bonchev–Trinajstić information content (AvgIpc) is 2.41. The van der Waals surface area contributed by atoms with Gasteiger partial charge in [-0.05, 0) is 36.3 Å². The van der Waals surface area contributed by atoms with Crippen LogP contribution < -0.4 is 34.9 Å². The largest absolute Gasteiger partial charge is 1.00 e. The zero-order valence-electron chi connectivity index (χ0n) is 12.4. The van der Waals surface area contributed by atoms with Crippen LogP contribution in [0.3, 0.4) is 0 Å². The second-order valence-corrected chi connectivity index (χ2v) is 4.52. The summed E-state index contributed by atoms with van der Waals surface area (Å²) in [6.45, 7) is 6.14. The number of rotatable bonds is 4. The number of nitrogens with one attached hydrogen (secondary N) is 1. The Balaban J connectivity index is -0.000000339. The van der Waals surface area contributed by atoms with E-state index >= 15 is 0 Å². The Labute approximate surface area is 158 Å². The van der Waals surface area contributed by atoms with Crippen molar-refractivity contribution in [1.29, 1.82) is 0 Å². The van der Waals surface area contributed by atoms with Gasteiger partial charge >= 0.3 is 29.6 Å². The van der Waals surface area contributed by atoms with E-state index in [4.69, 9.17) is 21.5 Å². The van der Waals surface area contributed by atoms with E-state index < -0.39 is 21.7 Å². The number of nitro groups is 1. The van der Waals surface area contributed by atoms with Crippen LogP contribution >= 0.6 is 11.6 Å². The van der Waals surface area contributed by atoms with Crippen molar-refractivity contribution in [3.05, 3.63) is 33.3 Å². The zero-order chi connectivity index (χ0) is 16.8. The van der Waals surface area contributed by atoms with E-state index in [1.807, 2.05) is 0 Å². The smallest absolute Gasteiger partial charge is 0.768 e. The standard InChI is InChI=1S/C6H4ClNO4S.C4H11N.CH2O2.Na/c7-5-2-1-4(13(11)12)3-6(5)8(9)10;1-3-5-4-2;2-1-3;/h1-3H,(H,11,12);5H,3-4H2,1-2H3;1H,(H,2,3);/q;;;+1/p-1. The molecule has 1 unspecified atom stereocenters. The number of nitro benzene ring substituents is 1. The predicted octanol–water partition coefficient (Wildman–Crippen LogP) is -1.19. The topological polar surface area (TPSA) is 133 Å². The molecule has 0 radical (unpaired) electrons. The molecule has 0 saturated heterocycles. The average molecular weight is 363 g/mol. The fourth-order valence-electron chi connectivity index (χ4n) is 0.986. The Bertz CT molecular complexity index is 476. The second kappa shape index (κ2) is 16.8. The summed E-state index contributed by atoms with van der Waals surface area (Å²) < 4.78 is 20.8. The molecule has 0 heterocycles. The molecular formula is C11H16ClN2NaO6S. The van der Waals surface area contributed by atoms with Gasteiger partial charge in [0.2, 0.25) is 0 Å². The van der Waals surface area contributed by atoms with E-state index in [9.17, 15) is 18.9 Å². The Morgan fingerprint density at radius 3 is 2.14 bits per heavy atom. The normalized spacial score (nSPS) is 9.82. The number of hydrogen-bond donors (Lipinski definition) is 2. The fraction of sp³-hybridized carbons (Fsp3) is 0.364. The SMILES string of the molecule is CCNCC.O=CO.O=[N+]([O-])c1cc(S(=O)[O-])ccc1Cl.[Na+]. The maximum absolute atomic E-state index is 10.4. The second-order valence-electron chi connectivity index (χ2n) is 3.17. The summed E-state index contributed by atoms with van der Waals surface area (Å²) >= 11 is 2.98. The van der Waals surface area contributed by atoms with Crippen molar-refractivity contribution in [1.82, 2.24) is 5.32 Å². The molecule has 0 spiro atoms. The van der Waals surface area contributed by atoms with Crippen molar-refractivity contribution in [2.75, 3.05) is 13.1 Å². The number of hydrogen-bond acceptors (Lipinski definition) is 6. The molecule has 8 nitrogen and oxygen atoms in total. The van der Waals surface area contributed by atoms with E-state index in [0.717, 1.165) is 19.2 Å². The van der Waals surface area contributed by atoms with Crippen LogP contribution in [0.5, 0.6) is 0 Å². The van der Waals surface area contributed by atoms with Gasteiger partial charge < -0.3 is 15.0 Å². The van der Waals surface area contributed by atoms with Crippen molar-refractivity contribution in [3.8, 4) is 0 Å². The van der Waals surface area contributed by atoms with E-state index in [1.54, 1.807) is 0 Å². The van der Waals surface area contributed by atoms with Crippen molar-refractivity contribution in [2.24, 2.45) is 0 Å². The van der Waals surface area contributed by atoms with Crippen LogP contribution in [0.2, 0.25) is 5.02 Å². The molecule has 22 heavy (non-hydrogen) atoms. The molecule has 0 fully saturated rings. The Morgan fingerprint density at radius 2 is 1.86 bits per heavy atom. The summed E-state index contributed by atoms with van der Waals surface area (Å²) in [7, 11) is 0. The van der Waals surface area contributed by atoms with Crippen LogP contribution in [-0.4, -0.2) is 38.4 Å². The zero-order valence-corrected chi connectivity index (χ0v) is 16.0. The van der Waals surface area contributed by atoms with E-state index in [-0.39, 0.29) is 45.9 Å². The molecule has 2 N–H and O–H groups in total. The van der Waals surface area contributed by atoms with Gasteiger partial charge in [0.15, 0.2) is 0 Å². The minimum atomic E-state index is -2.48. The number of halogens is 1. The van der Waals surface area contributed by atoms with Crippen molar-refractivity contribution in [2.45, 2.75) is 18.7 Å². The molecular weight excluding hydrogens is 347 g/mol. The van der Waals surface area contributed by atoms with Gasteiger partial charge in [-0.3, -0.25) is 19.1 Å². The molecule has 11 heteroatoms. The number of benzene rings is 1. The minimum absolute atomic E-state index is 0. The van der Waals surface area contributed by atoms with Gasteiger partial charge in [-0.2, -0.15) is 0 Å². The predicted molar refractivity (Wildman–Crippen MR) is 78.2 cm³/mol. The molecule has 1 aromatic rings. The van der Waals surface area contributed by atoms with Gasteiger partial charge in [0.05, 0.1) is 4.92 Å². The summed E-state index contributed by atoms with van der Waals surface area (Å²) in [6, 6.07) is 3.27. The van der Waals surface area contributed by atoms with Gasteiger partial charge in [0.1, 0.15) is 5.02 Å². The summed E-state index contributed by atoms with van der Waals surface area (Å²) in [5.41, 5.74) is -0.414. The monoisotopic (exact) mass is 362 g/mol. The molecule has 1 rings (SSSR count). The van der Waals surface area contributed by atoms with Crippen molar-refractivity contribution >= 4 is 34.8 Å². The third kappa shape index (κ3) is 13.1. The third-order valence-corrected chi connectivity index (χ3v) is 2.77. The van der Waals surface area contributed by atoms with Crippen molar-refractivity contribution < 1.29 is 53.1 Å². The van der Waals surface area contributed by atoms with Gasteiger partial charge in [0, 0.05) is 11.0 Å². The minimum Gasteiger partial charge on any atom is -0.768 e. The maximum Gasteiger partial charge on any atom is 1.00 e. The quantitative estimate of drug-likeness (QED) is 0.226. The summed E-state index contributed by atoms with van der Waals surface area (Å²) in [5, 5.41) is 20.2. The van der Waals surface area contributed by atoms with Gasteiger partial charge in [-0.15, -0.1) is 0 Å². The van der Waals surface area contributed by atoms with Crippen LogP contribution in [0, 0.1) is 10.1 Å². The molecule has 0 aliphatic rings. The van der Waals surface area contributed by atoms with Crippen LogP contribution in [0.25, 0.3) is 0 Å². The molecule has 0 aliphatic heterocycles. The first-order chi connectivity index (χ1) is 9.85. The molecule has 0 aliphatic carbocycles. The van der Waals surface area contributed by atoms with Crippen LogP contribution in [0.4, 0.5) is 5.69 Å². The van der Waals surface area contributed by atoms with Gasteiger partial charge in [-0.25, -0.2) is 0 Å². The molecule has 0 saturated carbocycles. The summed E-state index contributed by atoms with van der Waals surface area (Å²) in [5.74, 6) is 0. The third-order valence-electron chi connectivity index (χ3n) is 1.81. The molecule has 1 aromatic carbocycles. The molecule has 0 aromatic heterocycles. The Morgan fingerprint density at radius 1 is 1.41 bits per heavy atom. The van der Waals surface area contributed by atoms with Crippen LogP contribution in [-0.2, 0) is 15.9 Å². The number of carboxylic acid groups (broad SMARTS) is 1. The van der Waals surface area contributed by atoms with E-state index in [0.29, 0.717) is 0 Å². The van der Waals surface area contributed by atoms with Crippen LogP contribution in [0.1, 0.15) is 13.8 Å². The Kier molecular flexibility index (Phi) is 20.1. The molecule has 0 amide bonds. The summed E-state index contributed by atoms with van der Waals surface area (Å²) in [6.07, 6.45) is 0. The van der Waals surface area contributed by atoms with Crippen LogP contribution in [0.15, 0.2) is 23.1 Å². The number of nitrogens with zero attached hydrogens (tertiary/aromatic N) is 1. The molecule has 120 valence electrons. The fourth-order valence-corrected chi connectivity index (χ4v) is 1.56. The Hall–Kier alpha value is -0.550. The maximum atomic E-state index is 10.4. The van der Waals surface area contributed by atoms with E-state index in [1.165, 1.54) is 12.1 Å². The van der Waals surface area contributed by atoms with Gasteiger partial charge in [0.25, 0.3) is 12.2 Å². The van der Waals surface area contributed by atoms with Gasteiger partial charge in [-0.1, -0.05) is 25.4 Å². The first-order valence-electron chi connectivity index (χ1n) is 5.67. The number of carbonyl (C=O) groups is 1.